The fourth-order valence-corrected chi connectivity index (χ4v) is 5.51. The Morgan fingerprint density at radius 2 is 1.47 bits per heavy atom. The normalized spacial score (nSPS) is 29.6. The third kappa shape index (κ3) is 7.78. The van der Waals surface area contributed by atoms with E-state index < -0.39 is 0 Å². The molecule has 2 atom stereocenters. The number of hydrogen-bond donors (Lipinski definition) is 0. The first-order chi connectivity index (χ1) is 14.5. The molecule has 0 bridgehead atoms. The van der Waals surface area contributed by atoms with Gasteiger partial charge in [0.15, 0.2) is 0 Å². The Hall–Kier alpha value is -1.24. The molecule has 3 rings (SSSR count). The summed E-state index contributed by atoms with van der Waals surface area (Å²) < 4.78 is 5.96. The number of benzene rings is 1. The van der Waals surface area contributed by atoms with E-state index in [-0.39, 0.29) is 0 Å². The highest BCUT2D eigenvalue weighted by molar-refractivity contribution is 5.26. The largest absolute Gasteiger partial charge is 0.493 e. The lowest BCUT2D eigenvalue weighted by Gasteiger charge is -2.36. The van der Waals surface area contributed by atoms with Crippen molar-refractivity contribution in [3.8, 4) is 5.75 Å². The molecule has 0 saturated heterocycles. The molecule has 2 aliphatic carbocycles. The van der Waals surface area contributed by atoms with Crippen LogP contribution in [0.1, 0.15) is 90.5 Å². The molecule has 2 unspecified atom stereocenters. The fraction of sp³-hybridized carbons (Fsp3) is 0.724. The Balaban J connectivity index is 1.29. The predicted molar refractivity (Wildman–Crippen MR) is 130 cm³/mol. The zero-order valence-electron chi connectivity index (χ0n) is 20.1. The zero-order valence-corrected chi connectivity index (χ0v) is 20.1. The lowest BCUT2D eigenvalue weighted by atomic mass is 9.69. The monoisotopic (exact) mass is 410 g/mol. The van der Waals surface area contributed by atoms with E-state index in [0.29, 0.717) is 11.8 Å². The number of ether oxygens (including phenoxy) is 1. The predicted octanol–water partition coefficient (Wildman–Crippen LogP) is 8.62. The highest BCUT2D eigenvalue weighted by atomic mass is 16.5. The van der Waals surface area contributed by atoms with E-state index in [4.69, 9.17) is 4.74 Å². The van der Waals surface area contributed by atoms with E-state index in [1.54, 1.807) is 0 Å². The van der Waals surface area contributed by atoms with E-state index in [9.17, 15) is 0 Å². The molecule has 2 saturated carbocycles. The minimum absolute atomic E-state index is 0.607. The summed E-state index contributed by atoms with van der Waals surface area (Å²) in [6, 6.07) is 8.40. The van der Waals surface area contributed by atoms with Crippen LogP contribution >= 0.6 is 0 Å². The molecule has 30 heavy (non-hydrogen) atoms. The zero-order chi connectivity index (χ0) is 21.3. The van der Waals surface area contributed by atoms with Crippen molar-refractivity contribution >= 4 is 0 Å². The number of allylic oxidation sites excluding steroid dienone is 2. The summed E-state index contributed by atoms with van der Waals surface area (Å²) in [4.78, 5) is 0. The van der Waals surface area contributed by atoms with Gasteiger partial charge in [-0.15, -0.1) is 0 Å². The second kappa shape index (κ2) is 12.0. The van der Waals surface area contributed by atoms with Crippen molar-refractivity contribution in [2.24, 2.45) is 35.5 Å². The topological polar surface area (TPSA) is 9.23 Å². The van der Waals surface area contributed by atoms with Crippen molar-refractivity contribution in [2.45, 2.75) is 91.9 Å². The van der Waals surface area contributed by atoms with Crippen molar-refractivity contribution in [1.82, 2.24) is 0 Å². The first kappa shape index (κ1) is 23.4. The van der Waals surface area contributed by atoms with Crippen LogP contribution in [-0.2, 0) is 0 Å². The van der Waals surface area contributed by atoms with Gasteiger partial charge in [-0.3, -0.25) is 0 Å². The van der Waals surface area contributed by atoms with Crippen molar-refractivity contribution in [1.29, 1.82) is 0 Å². The van der Waals surface area contributed by atoms with Gasteiger partial charge in [-0.25, -0.2) is 0 Å². The average Bonchev–Trinajstić information content (AvgIpc) is 2.77. The van der Waals surface area contributed by atoms with Gasteiger partial charge in [0.25, 0.3) is 0 Å². The van der Waals surface area contributed by atoms with Crippen LogP contribution in [0, 0.1) is 42.4 Å². The summed E-state index contributed by atoms with van der Waals surface area (Å²) in [6.07, 6.45) is 19.4. The maximum Gasteiger partial charge on any atom is 0.119 e. The highest BCUT2D eigenvalue weighted by Crippen LogP contribution is 2.41. The molecule has 0 aliphatic heterocycles. The van der Waals surface area contributed by atoms with Crippen LogP contribution in [0.2, 0.25) is 0 Å². The van der Waals surface area contributed by atoms with Crippen LogP contribution in [0.5, 0.6) is 5.75 Å². The van der Waals surface area contributed by atoms with Crippen molar-refractivity contribution in [3.05, 3.63) is 42.0 Å². The van der Waals surface area contributed by atoms with Gasteiger partial charge in [-0.2, -0.15) is 0 Å². The SMILES string of the molecule is Cc1ccc(OCC(C)CCC(C)/C=C/C2CCC(C3CCC(C)CC3)CC2)cc1. The van der Waals surface area contributed by atoms with Crippen LogP contribution in [0.4, 0.5) is 0 Å². The van der Waals surface area contributed by atoms with Gasteiger partial charge in [0.2, 0.25) is 0 Å². The summed E-state index contributed by atoms with van der Waals surface area (Å²) in [5.41, 5.74) is 1.29. The minimum atomic E-state index is 0.607. The van der Waals surface area contributed by atoms with Crippen molar-refractivity contribution < 1.29 is 4.74 Å². The van der Waals surface area contributed by atoms with Crippen LogP contribution in [0.25, 0.3) is 0 Å². The molecule has 168 valence electrons. The Labute approximate surface area is 186 Å². The molecule has 0 aromatic heterocycles. The minimum Gasteiger partial charge on any atom is -0.493 e. The smallest absolute Gasteiger partial charge is 0.119 e. The molecule has 1 aromatic carbocycles. The lowest BCUT2D eigenvalue weighted by molar-refractivity contribution is 0.160. The molecule has 0 N–H and O–H groups in total. The second-order valence-electron chi connectivity index (χ2n) is 10.9. The Morgan fingerprint density at radius 1 is 0.867 bits per heavy atom. The van der Waals surface area contributed by atoms with E-state index in [1.807, 2.05) is 0 Å². The summed E-state index contributed by atoms with van der Waals surface area (Å²) in [7, 11) is 0. The number of hydrogen-bond acceptors (Lipinski definition) is 1. The van der Waals surface area contributed by atoms with Crippen molar-refractivity contribution in [3.63, 3.8) is 0 Å². The van der Waals surface area contributed by atoms with Crippen LogP contribution in [0.3, 0.4) is 0 Å². The van der Waals surface area contributed by atoms with Gasteiger partial charge >= 0.3 is 0 Å². The molecule has 1 nitrogen and oxygen atoms in total. The van der Waals surface area contributed by atoms with Gasteiger partial charge in [0.1, 0.15) is 5.75 Å². The summed E-state index contributed by atoms with van der Waals surface area (Å²) in [5.74, 6) is 6.20. The number of rotatable bonds is 9. The third-order valence-corrected chi connectivity index (χ3v) is 7.93. The maximum absolute atomic E-state index is 5.96. The summed E-state index contributed by atoms with van der Waals surface area (Å²) in [5, 5.41) is 0. The average molecular weight is 411 g/mol. The highest BCUT2D eigenvalue weighted by Gasteiger charge is 2.29. The molecule has 2 fully saturated rings. The fourth-order valence-electron chi connectivity index (χ4n) is 5.51. The van der Waals surface area contributed by atoms with E-state index in [1.165, 1.54) is 69.8 Å². The molecular weight excluding hydrogens is 364 g/mol. The van der Waals surface area contributed by atoms with E-state index in [2.05, 4.69) is 64.1 Å². The Morgan fingerprint density at radius 3 is 2.10 bits per heavy atom. The molecule has 2 aliphatic rings. The molecule has 1 heteroatoms. The molecule has 0 spiro atoms. The standard InChI is InChI=1S/C29H46O/c1-22(5-6-25(4)21-30-29-19-10-24(3)11-20-29)7-12-26-13-17-28(18-14-26)27-15-8-23(2)9-16-27/h7,10-12,19-20,22-23,25-28H,5-6,8-9,13-18,21H2,1-4H3/b12-7+. The first-order valence-corrected chi connectivity index (χ1v) is 12.9. The molecule has 0 amide bonds. The van der Waals surface area contributed by atoms with Gasteiger partial charge < -0.3 is 4.74 Å². The molecule has 1 aromatic rings. The number of aryl methyl sites for hydroxylation is 1. The van der Waals surface area contributed by atoms with Crippen LogP contribution in [0.15, 0.2) is 36.4 Å². The molecule has 0 heterocycles. The summed E-state index contributed by atoms with van der Waals surface area (Å²) in [6.45, 7) is 10.1. The van der Waals surface area contributed by atoms with Gasteiger partial charge in [0.05, 0.1) is 6.61 Å². The second-order valence-corrected chi connectivity index (χ2v) is 10.9. The Bertz CT molecular complexity index is 614. The van der Waals surface area contributed by atoms with E-state index >= 15 is 0 Å². The van der Waals surface area contributed by atoms with E-state index in [0.717, 1.165) is 36.0 Å². The Kier molecular flexibility index (Phi) is 9.34. The van der Waals surface area contributed by atoms with Gasteiger partial charge in [0, 0.05) is 0 Å². The third-order valence-electron chi connectivity index (χ3n) is 7.93. The quantitative estimate of drug-likeness (QED) is 0.370. The lowest BCUT2D eigenvalue weighted by Crippen LogP contribution is -2.24. The van der Waals surface area contributed by atoms with Crippen molar-refractivity contribution in [2.75, 3.05) is 6.61 Å². The van der Waals surface area contributed by atoms with Gasteiger partial charge in [-0.05, 0) is 106 Å². The first-order valence-electron chi connectivity index (χ1n) is 12.9. The van der Waals surface area contributed by atoms with Gasteiger partial charge in [-0.1, -0.05) is 63.5 Å². The molecule has 0 radical (unpaired) electrons. The van der Waals surface area contributed by atoms with Crippen LogP contribution in [-0.4, -0.2) is 6.61 Å². The summed E-state index contributed by atoms with van der Waals surface area (Å²) >= 11 is 0. The van der Waals surface area contributed by atoms with Crippen LogP contribution < -0.4 is 4.74 Å². The molecular formula is C29H46O. The maximum atomic E-state index is 5.96.